The number of hydrogen-bond donors (Lipinski definition) is 6. The van der Waals surface area contributed by atoms with Gasteiger partial charge in [-0.3, -0.25) is 4.79 Å². The van der Waals surface area contributed by atoms with Crippen molar-refractivity contribution in [2.24, 2.45) is 0 Å². The van der Waals surface area contributed by atoms with Crippen LogP contribution < -0.4 is 5.32 Å². The minimum atomic E-state index is -1.73. The van der Waals surface area contributed by atoms with Crippen LogP contribution in [0.1, 0.15) is 40.5 Å². The zero-order valence-electron chi connectivity index (χ0n) is 21.0. The fraction of sp³-hybridized carbons (Fsp3) is 0.826. The molecule has 36 heavy (non-hydrogen) atoms. The molecule has 0 aromatic heterocycles. The largest absolute Gasteiger partial charge is 0.479 e. The lowest BCUT2D eigenvalue weighted by Gasteiger charge is -2.47. The fourth-order valence-corrected chi connectivity index (χ4v) is 3.84. The molecule has 1 saturated heterocycles. The normalized spacial score (nSPS) is 30.3. The molecule has 13 nitrogen and oxygen atoms in total. The van der Waals surface area contributed by atoms with Crippen LogP contribution in [0, 0.1) is 0 Å². The van der Waals surface area contributed by atoms with Crippen LogP contribution in [0.4, 0.5) is 0 Å². The van der Waals surface area contributed by atoms with Gasteiger partial charge < -0.3 is 54.5 Å². The first kappa shape index (κ1) is 30.5. The number of aliphatic carboxylic acids is 1. The molecule has 0 bridgehead atoms. The number of carboxylic acids is 1. The summed E-state index contributed by atoms with van der Waals surface area (Å²) in [5, 5.41) is 51.7. The van der Waals surface area contributed by atoms with Crippen molar-refractivity contribution in [2.45, 2.75) is 101 Å². The highest BCUT2D eigenvalue weighted by atomic mass is 16.7. The van der Waals surface area contributed by atoms with Crippen LogP contribution in [0.5, 0.6) is 0 Å². The number of carbonyl (C=O) groups is 2. The summed E-state index contributed by atoms with van der Waals surface area (Å²) in [4.78, 5) is 23.9. The Morgan fingerprint density at radius 2 is 1.83 bits per heavy atom. The van der Waals surface area contributed by atoms with E-state index >= 15 is 0 Å². The molecule has 6 N–H and O–H groups in total. The number of nitrogens with one attached hydrogen (secondary N) is 1. The highest BCUT2D eigenvalue weighted by molar-refractivity contribution is 5.88. The van der Waals surface area contributed by atoms with Crippen LogP contribution in [0.25, 0.3) is 0 Å². The van der Waals surface area contributed by atoms with E-state index in [9.17, 15) is 35.1 Å². The Morgan fingerprint density at radius 1 is 1.17 bits per heavy atom. The van der Waals surface area contributed by atoms with Gasteiger partial charge in [0.25, 0.3) is 0 Å². The predicted octanol–water partition coefficient (Wildman–Crippen LogP) is -1.35. The molecule has 13 heteroatoms. The molecule has 1 heterocycles. The molecule has 1 aliphatic carbocycles. The van der Waals surface area contributed by atoms with Gasteiger partial charge in [-0.1, -0.05) is 13.3 Å². The van der Waals surface area contributed by atoms with Crippen molar-refractivity contribution in [3.05, 3.63) is 12.2 Å². The van der Waals surface area contributed by atoms with E-state index in [1.807, 2.05) is 6.92 Å². The maximum Gasteiger partial charge on any atom is 0.344 e. The fourth-order valence-electron chi connectivity index (χ4n) is 3.84. The number of hydrogen-bond acceptors (Lipinski definition) is 11. The van der Waals surface area contributed by atoms with Crippen LogP contribution >= 0.6 is 0 Å². The Bertz CT molecular complexity index is 741. The summed E-state index contributed by atoms with van der Waals surface area (Å²) in [5.74, 6) is -1.73. The highest BCUT2D eigenvalue weighted by Gasteiger charge is 2.55. The monoisotopic (exact) mass is 521 g/mol. The van der Waals surface area contributed by atoms with Gasteiger partial charge in [-0.2, -0.15) is 0 Å². The molecular formula is C23H39NO12. The molecule has 1 aliphatic heterocycles. The van der Waals surface area contributed by atoms with Crippen molar-refractivity contribution in [3.63, 3.8) is 0 Å². The molecule has 0 saturated carbocycles. The standard InChI is InChI=1S/C23H39NO12/c1-5-6-9-32-21-17(24-13(3)28)20(36-23(7-8-23)22(30)31)19(16(11-26)35-21)34-14(4)33-15(10-25)18(29)12(2)27/h7-8,12,14-21,25-27,29H,5-6,9-11H2,1-4H3,(H,24,28)(H,30,31)/t12-,14?,15?,16?,17?,18+,19-,20-,21+/m1/s1. The Balaban J connectivity index is 2.34. The second kappa shape index (κ2) is 13.7. The molecule has 0 aromatic rings. The van der Waals surface area contributed by atoms with E-state index in [0.717, 1.165) is 6.42 Å². The summed E-state index contributed by atoms with van der Waals surface area (Å²) < 4.78 is 29.2. The van der Waals surface area contributed by atoms with E-state index in [4.69, 9.17) is 23.7 Å². The lowest BCUT2D eigenvalue weighted by Crippen LogP contribution is -2.67. The van der Waals surface area contributed by atoms with Crippen molar-refractivity contribution in [2.75, 3.05) is 19.8 Å². The first-order chi connectivity index (χ1) is 17.0. The number of aliphatic hydroxyl groups excluding tert-OH is 4. The summed E-state index contributed by atoms with van der Waals surface area (Å²) >= 11 is 0. The summed E-state index contributed by atoms with van der Waals surface area (Å²) in [6.45, 7) is 5.10. The maximum absolute atomic E-state index is 12.0. The highest BCUT2D eigenvalue weighted by Crippen LogP contribution is 2.36. The molecule has 208 valence electrons. The van der Waals surface area contributed by atoms with Crippen LogP contribution in [0.2, 0.25) is 0 Å². The van der Waals surface area contributed by atoms with Gasteiger partial charge in [0.1, 0.15) is 36.6 Å². The second-order valence-corrected chi connectivity index (χ2v) is 8.95. The minimum Gasteiger partial charge on any atom is -0.479 e. The summed E-state index contributed by atoms with van der Waals surface area (Å²) in [5.41, 5.74) is -1.73. The van der Waals surface area contributed by atoms with Gasteiger partial charge in [0, 0.05) is 13.5 Å². The molecule has 2 rings (SSSR count). The van der Waals surface area contributed by atoms with E-state index in [-0.39, 0.29) is 6.61 Å². The summed E-state index contributed by atoms with van der Waals surface area (Å²) in [7, 11) is 0. The average molecular weight is 522 g/mol. The molecule has 4 unspecified atom stereocenters. The Labute approximate surface area is 209 Å². The molecule has 0 radical (unpaired) electrons. The van der Waals surface area contributed by atoms with Gasteiger partial charge in [-0.25, -0.2) is 4.79 Å². The van der Waals surface area contributed by atoms with E-state index in [2.05, 4.69) is 5.32 Å². The zero-order valence-corrected chi connectivity index (χ0v) is 21.0. The average Bonchev–Trinajstić information content (AvgIpc) is 3.61. The van der Waals surface area contributed by atoms with Gasteiger partial charge in [0.2, 0.25) is 11.5 Å². The van der Waals surface area contributed by atoms with Crippen molar-refractivity contribution in [3.8, 4) is 0 Å². The third-order valence-corrected chi connectivity index (χ3v) is 5.88. The van der Waals surface area contributed by atoms with Gasteiger partial charge in [0.15, 0.2) is 12.6 Å². The van der Waals surface area contributed by atoms with Gasteiger partial charge >= 0.3 is 5.97 Å². The van der Waals surface area contributed by atoms with Crippen molar-refractivity contribution >= 4 is 11.9 Å². The number of carbonyl (C=O) groups excluding carboxylic acids is 1. The quantitative estimate of drug-likeness (QED) is 0.0796. The summed E-state index contributed by atoms with van der Waals surface area (Å²) in [6.07, 6.45) is -5.29. The van der Waals surface area contributed by atoms with Gasteiger partial charge in [-0.15, -0.1) is 0 Å². The van der Waals surface area contributed by atoms with Crippen LogP contribution in [0.15, 0.2) is 12.2 Å². The molecule has 2 aliphatic rings. The predicted molar refractivity (Wildman–Crippen MR) is 123 cm³/mol. The van der Waals surface area contributed by atoms with Crippen molar-refractivity contribution < 1.29 is 58.8 Å². The van der Waals surface area contributed by atoms with Gasteiger partial charge in [-0.05, 0) is 32.4 Å². The van der Waals surface area contributed by atoms with E-state index in [1.165, 1.54) is 32.9 Å². The number of amides is 1. The minimum absolute atomic E-state index is 0.283. The molecule has 0 aromatic carbocycles. The molecule has 0 spiro atoms. The van der Waals surface area contributed by atoms with E-state index < -0.39 is 85.9 Å². The Morgan fingerprint density at radius 3 is 2.31 bits per heavy atom. The molecular weight excluding hydrogens is 482 g/mol. The first-order valence-electron chi connectivity index (χ1n) is 12.0. The maximum atomic E-state index is 12.0. The van der Waals surface area contributed by atoms with E-state index in [0.29, 0.717) is 6.42 Å². The van der Waals surface area contributed by atoms with E-state index in [1.54, 1.807) is 0 Å². The third-order valence-electron chi connectivity index (χ3n) is 5.88. The lowest BCUT2D eigenvalue weighted by atomic mass is 9.95. The smallest absolute Gasteiger partial charge is 0.344 e. The van der Waals surface area contributed by atoms with Crippen LogP contribution in [-0.2, 0) is 33.3 Å². The molecule has 1 fully saturated rings. The first-order valence-corrected chi connectivity index (χ1v) is 12.0. The SMILES string of the molecule is CCCCO[C@H]1OC(CO)[C@@H](OC(C)OC(CO)[C@@H](O)[C@@H](C)O)[C@H](OC2(C(=O)O)C=C2)C1NC(C)=O. The van der Waals surface area contributed by atoms with Crippen molar-refractivity contribution in [1.82, 2.24) is 5.32 Å². The Hall–Kier alpha value is -1.68. The Kier molecular flexibility index (Phi) is 11.7. The number of carboxylic acid groups (broad SMARTS) is 1. The van der Waals surface area contributed by atoms with Crippen LogP contribution in [0.3, 0.4) is 0 Å². The second-order valence-electron chi connectivity index (χ2n) is 8.95. The van der Waals surface area contributed by atoms with Crippen LogP contribution in [-0.4, -0.2) is 118 Å². The summed E-state index contributed by atoms with van der Waals surface area (Å²) in [6, 6.07) is -1.02. The molecule has 1 amide bonds. The molecule has 9 atom stereocenters. The number of ether oxygens (including phenoxy) is 5. The third kappa shape index (κ3) is 7.91. The topological polar surface area (TPSA) is 193 Å². The van der Waals surface area contributed by atoms with Gasteiger partial charge in [0.05, 0.1) is 19.3 Å². The lowest BCUT2D eigenvalue weighted by molar-refractivity contribution is -0.318. The number of aliphatic hydroxyl groups is 4. The zero-order chi connectivity index (χ0) is 27.0. The van der Waals surface area contributed by atoms with Crippen molar-refractivity contribution in [1.29, 1.82) is 0 Å². The number of unbranched alkanes of at least 4 members (excludes halogenated alkanes) is 1. The number of rotatable bonds is 16.